The number of hydrogen-bond acceptors (Lipinski definition) is 6. The summed E-state index contributed by atoms with van der Waals surface area (Å²) in [7, 11) is 0. The van der Waals surface area contributed by atoms with Crippen molar-refractivity contribution in [3.63, 3.8) is 0 Å². The largest absolute Gasteiger partial charge is 0.368 e. The van der Waals surface area contributed by atoms with E-state index in [1.54, 1.807) is 29.5 Å². The number of hydrogen-bond donors (Lipinski definition) is 4. The van der Waals surface area contributed by atoms with Crippen LogP contribution < -0.4 is 20.9 Å². The predicted molar refractivity (Wildman–Crippen MR) is 145 cm³/mol. The highest BCUT2D eigenvalue weighted by molar-refractivity contribution is 7.10. The first kappa shape index (κ1) is 24.0. The molecule has 4 aromatic rings. The Morgan fingerprint density at radius 2 is 1.75 bits per heavy atom. The summed E-state index contributed by atoms with van der Waals surface area (Å²) in [6, 6.07) is 17.6. The fraction of sp³-hybridized carbons (Fsp3) is 0.296. The quantitative estimate of drug-likeness (QED) is 0.310. The van der Waals surface area contributed by atoms with Crippen LogP contribution in [-0.2, 0) is 0 Å². The molecule has 36 heavy (non-hydrogen) atoms. The molecule has 3 unspecified atom stereocenters. The summed E-state index contributed by atoms with van der Waals surface area (Å²) in [4.78, 5) is 29.2. The van der Waals surface area contributed by atoms with Crippen molar-refractivity contribution in [3.8, 4) is 0 Å². The van der Waals surface area contributed by atoms with Gasteiger partial charge in [-0.1, -0.05) is 6.07 Å². The molecular formula is C27H30N6O2S. The molecule has 2 amide bonds. The van der Waals surface area contributed by atoms with E-state index in [-0.39, 0.29) is 17.9 Å². The van der Waals surface area contributed by atoms with Gasteiger partial charge in [0.25, 0.3) is 11.8 Å². The highest BCUT2D eigenvalue weighted by Gasteiger charge is 2.21. The summed E-state index contributed by atoms with van der Waals surface area (Å²) in [5.74, 6) is -0.0358. The average Bonchev–Trinajstić information content (AvgIpc) is 3.54. The number of nitrogens with one attached hydrogen (secondary N) is 4. The van der Waals surface area contributed by atoms with Gasteiger partial charge in [-0.25, -0.2) is 0 Å². The number of piperazine rings is 1. The van der Waals surface area contributed by atoms with E-state index in [4.69, 9.17) is 0 Å². The number of nitrogens with zero attached hydrogens (tertiary/aromatic N) is 2. The van der Waals surface area contributed by atoms with Crippen LogP contribution >= 0.6 is 11.3 Å². The van der Waals surface area contributed by atoms with Crippen molar-refractivity contribution in [2.45, 2.75) is 38.9 Å². The van der Waals surface area contributed by atoms with E-state index >= 15 is 0 Å². The summed E-state index contributed by atoms with van der Waals surface area (Å²) in [5.41, 5.74) is 2.89. The van der Waals surface area contributed by atoms with Gasteiger partial charge in [0.05, 0.1) is 11.6 Å². The van der Waals surface area contributed by atoms with Crippen molar-refractivity contribution in [3.05, 3.63) is 76.0 Å². The second-order valence-corrected chi connectivity index (χ2v) is 10.4. The lowest BCUT2D eigenvalue weighted by molar-refractivity contribution is 0.0940. The minimum absolute atomic E-state index is 0.0904. The van der Waals surface area contributed by atoms with E-state index in [2.05, 4.69) is 44.9 Å². The molecule has 1 aliphatic heterocycles. The molecule has 0 spiro atoms. The minimum Gasteiger partial charge on any atom is -0.368 e. The number of aromatic nitrogens is 2. The van der Waals surface area contributed by atoms with Gasteiger partial charge in [-0.05, 0) is 74.7 Å². The fourth-order valence-electron chi connectivity index (χ4n) is 4.68. The Bertz CT molecular complexity index is 1350. The Morgan fingerprint density at radius 1 is 1.03 bits per heavy atom. The zero-order valence-electron chi connectivity index (χ0n) is 20.5. The van der Waals surface area contributed by atoms with Crippen LogP contribution in [-0.4, -0.2) is 47.2 Å². The van der Waals surface area contributed by atoms with E-state index in [1.807, 2.05) is 48.7 Å². The number of aromatic amines is 1. The number of carbonyl (C=O) groups is 2. The van der Waals surface area contributed by atoms with Gasteiger partial charge in [-0.2, -0.15) is 5.10 Å². The lowest BCUT2D eigenvalue weighted by atomic mass is 10.1. The molecule has 0 bridgehead atoms. The van der Waals surface area contributed by atoms with E-state index in [0.29, 0.717) is 34.4 Å². The van der Waals surface area contributed by atoms with Gasteiger partial charge < -0.3 is 20.9 Å². The number of benzene rings is 2. The molecule has 3 heterocycles. The minimum atomic E-state index is -0.252. The first-order valence-electron chi connectivity index (χ1n) is 12.1. The maximum atomic E-state index is 13.0. The normalized spacial score (nSPS) is 18.7. The summed E-state index contributed by atoms with van der Waals surface area (Å²) in [6.07, 6.45) is 0. The molecule has 0 saturated carbocycles. The molecule has 2 aromatic carbocycles. The zero-order chi connectivity index (χ0) is 25.2. The molecule has 0 aliphatic carbocycles. The molecule has 1 saturated heterocycles. The number of fused-ring (bicyclic) bond motifs is 1. The van der Waals surface area contributed by atoms with Crippen molar-refractivity contribution in [2.75, 3.05) is 23.3 Å². The molecule has 9 heteroatoms. The van der Waals surface area contributed by atoms with Crippen molar-refractivity contribution in [1.82, 2.24) is 20.8 Å². The summed E-state index contributed by atoms with van der Waals surface area (Å²) < 4.78 is 0. The molecule has 1 fully saturated rings. The molecule has 0 radical (unpaired) electrons. The van der Waals surface area contributed by atoms with Gasteiger partial charge in [0.1, 0.15) is 0 Å². The van der Waals surface area contributed by atoms with Crippen molar-refractivity contribution >= 4 is 45.6 Å². The van der Waals surface area contributed by atoms with Gasteiger partial charge >= 0.3 is 0 Å². The maximum Gasteiger partial charge on any atom is 0.256 e. The summed E-state index contributed by atoms with van der Waals surface area (Å²) in [6.45, 7) is 8.17. The SMILES string of the molecule is CC1CN(c2ccc(C(=O)Nc3n[nH]c4ccc(C(=O)NC(C)c5cccs5)cc34)cc2)CC(C)N1. The van der Waals surface area contributed by atoms with Crippen LogP contribution in [0.1, 0.15) is 52.4 Å². The summed E-state index contributed by atoms with van der Waals surface area (Å²) >= 11 is 1.61. The van der Waals surface area contributed by atoms with E-state index in [9.17, 15) is 9.59 Å². The standard InChI is InChI=1S/C27H30N6O2S/c1-16-14-33(15-17(2)28-16)21-9-6-19(7-10-21)26(34)30-25-22-13-20(8-11-23(22)31-32-25)27(35)29-18(3)24-5-4-12-36-24/h4-13,16-18,28H,14-15H2,1-3H3,(H,29,35)(H2,30,31,32,34). The monoisotopic (exact) mass is 502 g/mol. The first-order chi connectivity index (χ1) is 17.4. The smallest absolute Gasteiger partial charge is 0.256 e. The topological polar surface area (TPSA) is 102 Å². The number of amides is 2. The molecular weight excluding hydrogens is 472 g/mol. The van der Waals surface area contributed by atoms with Crippen molar-refractivity contribution in [2.24, 2.45) is 0 Å². The average molecular weight is 503 g/mol. The van der Waals surface area contributed by atoms with Crippen LogP contribution in [0.4, 0.5) is 11.5 Å². The van der Waals surface area contributed by atoms with E-state index in [1.165, 1.54) is 0 Å². The lowest BCUT2D eigenvalue weighted by Crippen LogP contribution is -2.54. The van der Waals surface area contributed by atoms with Crippen LogP contribution in [0.3, 0.4) is 0 Å². The Labute approximate surface area is 214 Å². The fourth-order valence-corrected chi connectivity index (χ4v) is 5.41. The highest BCUT2D eigenvalue weighted by Crippen LogP contribution is 2.25. The van der Waals surface area contributed by atoms with Crippen LogP contribution in [0.15, 0.2) is 60.0 Å². The van der Waals surface area contributed by atoms with Crippen LogP contribution in [0.5, 0.6) is 0 Å². The van der Waals surface area contributed by atoms with Gasteiger partial charge in [-0.3, -0.25) is 14.7 Å². The molecule has 186 valence electrons. The number of anilines is 2. The van der Waals surface area contributed by atoms with Crippen LogP contribution in [0.25, 0.3) is 10.9 Å². The van der Waals surface area contributed by atoms with Crippen molar-refractivity contribution in [1.29, 1.82) is 0 Å². The van der Waals surface area contributed by atoms with Crippen molar-refractivity contribution < 1.29 is 9.59 Å². The highest BCUT2D eigenvalue weighted by atomic mass is 32.1. The van der Waals surface area contributed by atoms with Crippen LogP contribution in [0.2, 0.25) is 0 Å². The predicted octanol–water partition coefficient (Wildman–Crippen LogP) is 4.55. The number of carbonyl (C=O) groups excluding carboxylic acids is 2. The second kappa shape index (κ2) is 10.1. The van der Waals surface area contributed by atoms with Gasteiger partial charge in [0.2, 0.25) is 0 Å². The third-order valence-corrected chi connectivity index (χ3v) is 7.48. The Kier molecular flexibility index (Phi) is 6.75. The molecule has 3 atom stereocenters. The molecule has 2 aromatic heterocycles. The molecule has 1 aliphatic rings. The summed E-state index contributed by atoms with van der Waals surface area (Å²) in [5, 5.41) is 19.3. The van der Waals surface area contributed by atoms with Crippen LogP contribution in [0, 0.1) is 0 Å². The lowest BCUT2D eigenvalue weighted by Gasteiger charge is -2.37. The third kappa shape index (κ3) is 5.12. The van der Waals surface area contributed by atoms with Gasteiger partial charge in [0, 0.05) is 52.3 Å². The van der Waals surface area contributed by atoms with Gasteiger partial charge in [-0.15, -0.1) is 11.3 Å². The number of H-pyrrole nitrogens is 1. The molecule has 4 N–H and O–H groups in total. The zero-order valence-corrected chi connectivity index (χ0v) is 21.4. The van der Waals surface area contributed by atoms with E-state index < -0.39 is 0 Å². The number of thiophene rings is 1. The molecule has 5 rings (SSSR count). The van der Waals surface area contributed by atoms with E-state index in [0.717, 1.165) is 29.2 Å². The Balaban J connectivity index is 1.29. The first-order valence-corrected chi connectivity index (χ1v) is 13.0. The van der Waals surface area contributed by atoms with Gasteiger partial charge in [0.15, 0.2) is 5.82 Å². The Hall–Kier alpha value is -3.69. The third-order valence-electron chi connectivity index (χ3n) is 6.43. The second-order valence-electron chi connectivity index (χ2n) is 9.42. The molecule has 8 nitrogen and oxygen atoms in total. The number of rotatable bonds is 6. The Morgan fingerprint density at radius 3 is 2.44 bits per heavy atom. The maximum absolute atomic E-state index is 13.0.